The van der Waals surface area contributed by atoms with Gasteiger partial charge in [-0.3, -0.25) is 4.79 Å². The first-order chi connectivity index (χ1) is 8.78. The lowest BCUT2D eigenvalue weighted by Crippen LogP contribution is -2.52. The number of carbonyl (C=O) groups is 1. The van der Waals surface area contributed by atoms with Gasteiger partial charge in [-0.2, -0.15) is 0 Å². The van der Waals surface area contributed by atoms with Gasteiger partial charge in [0.05, 0.1) is 17.3 Å². The summed E-state index contributed by atoms with van der Waals surface area (Å²) >= 11 is 0. The molecule has 1 unspecified atom stereocenters. The Morgan fingerprint density at radius 3 is 2.68 bits per heavy atom. The van der Waals surface area contributed by atoms with Crippen LogP contribution in [0.5, 0.6) is 5.75 Å². The van der Waals surface area contributed by atoms with Crippen LogP contribution in [0.15, 0.2) is 18.2 Å². The molecule has 0 radical (unpaired) electrons. The summed E-state index contributed by atoms with van der Waals surface area (Å²) in [5.74, 6) is -0.0818. The average Bonchev–Trinajstić information content (AvgIpc) is 2.25. The van der Waals surface area contributed by atoms with Gasteiger partial charge >= 0.3 is 0 Å². The number of phenolic OH excluding ortho intramolecular Hbond substituents is 1. The van der Waals surface area contributed by atoms with E-state index in [1.54, 1.807) is 12.1 Å². The maximum atomic E-state index is 11.3. The molecule has 1 N–H and O–H groups in total. The van der Waals surface area contributed by atoms with E-state index in [1.807, 2.05) is 13.0 Å². The molecule has 104 valence electrons. The van der Waals surface area contributed by atoms with Crippen molar-refractivity contribution in [3.63, 3.8) is 0 Å². The minimum atomic E-state index is -0.216. The predicted molar refractivity (Wildman–Crippen MR) is 75.0 cm³/mol. The lowest BCUT2D eigenvalue weighted by atomic mass is 10.0. The molecule has 19 heavy (non-hydrogen) atoms. The minimum absolute atomic E-state index is 0.0435. The van der Waals surface area contributed by atoms with E-state index in [0.29, 0.717) is 5.56 Å². The van der Waals surface area contributed by atoms with E-state index in [0.717, 1.165) is 18.8 Å². The zero-order valence-electron chi connectivity index (χ0n) is 11.9. The van der Waals surface area contributed by atoms with Gasteiger partial charge in [-0.25, -0.2) is 0 Å². The van der Waals surface area contributed by atoms with Crippen LogP contribution in [-0.4, -0.2) is 35.7 Å². The second-order valence-electron chi connectivity index (χ2n) is 5.83. The normalized spacial score (nSPS) is 22.3. The number of morpholine rings is 1. The molecule has 1 aromatic rings. The minimum Gasteiger partial charge on any atom is -0.507 e. The topological polar surface area (TPSA) is 49.8 Å². The zero-order chi connectivity index (χ0) is 14.2. The molecule has 4 heteroatoms. The van der Waals surface area contributed by atoms with Gasteiger partial charge in [-0.05, 0) is 39.8 Å². The molecule has 1 aromatic carbocycles. The van der Waals surface area contributed by atoms with Crippen molar-refractivity contribution in [2.45, 2.75) is 39.4 Å². The molecule has 0 aliphatic carbocycles. The Balaban J connectivity index is 2.27. The van der Waals surface area contributed by atoms with E-state index in [1.165, 1.54) is 6.92 Å². The molecule has 1 saturated heterocycles. The van der Waals surface area contributed by atoms with E-state index in [2.05, 4.69) is 18.7 Å². The quantitative estimate of drug-likeness (QED) is 0.833. The maximum absolute atomic E-state index is 11.3. The standard InChI is InChI=1S/C15H21NO3/c1-10-8-16(9-15(3,4)19-10)12-5-6-13(11(2)17)14(18)7-12/h5-7,10,18H,8-9H2,1-4H3. The highest BCUT2D eigenvalue weighted by atomic mass is 16.5. The van der Waals surface area contributed by atoms with Crippen molar-refractivity contribution < 1.29 is 14.6 Å². The lowest BCUT2D eigenvalue weighted by Gasteiger charge is -2.43. The third-order valence-electron chi connectivity index (χ3n) is 3.30. The van der Waals surface area contributed by atoms with Crippen LogP contribution in [0.2, 0.25) is 0 Å². The van der Waals surface area contributed by atoms with Crippen molar-refractivity contribution in [3.05, 3.63) is 23.8 Å². The Kier molecular flexibility index (Phi) is 3.54. The summed E-state index contributed by atoms with van der Waals surface area (Å²) in [4.78, 5) is 13.5. The Morgan fingerprint density at radius 2 is 2.16 bits per heavy atom. The highest BCUT2D eigenvalue weighted by Gasteiger charge is 2.31. The first-order valence-corrected chi connectivity index (χ1v) is 6.55. The fourth-order valence-corrected chi connectivity index (χ4v) is 2.66. The number of rotatable bonds is 2. The van der Waals surface area contributed by atoms with Crippen molar-refractivity contribution in [2.75, 3.05) is 18.0 Å². The Hall–Kier alpha value is -1.55. The van der Waals surface area contributed by atoms with Crippen molar-refractivity contribution in [2.24, 2.45) is 0 Å². The molecule has 0 aromatic heterocycles. The Morgan fingerprint density at radius 1 is 1.47 bits per heavy atom. The van der Waals surface area contributed by atoms with Crippen LogP contribution in [0, 0.1) is 0 Å². The number of hydrogen-bond donors (Lipinski definition) is 1. The Labute approximate surface area is 114 Å². The van der Waals surface area contributed by atoms with Gasteiger partial charge in [0.25, 0.3) is 0 Å². The van der Waals surface area contributed by atoms with Gasteiger partial charge in [-0.1, -0.05) is 0 Å². The van der Waals surface area contributed by atoms with Crippen LogP contribution in [-0.2, 0) is 4.74 Å². The molecule has 1 aliphatic rings. The van der Waals surface area contributed by atoms with Crippen molar-refractivity contribution in [3.8, 4) is 5.75 Å². The van der Waals surface area contributed by atoms with E-state index in [4.69, 9.17) is 4.74 Å². The smallest absolute Gasteiger partial charge is 0.163 e. The zero-order valence-corrected chi connectivity index (χ0v) is 11.9. The highest BCUT2D eigenvalue weighted by molar-refractivity contribution is 5.97. The molecule has 1 fully saturated rings. The molecule has 1 aliphatic heterocycles. The molecule has 0 spiro atoms. The lowest BCUT2D eigenvalue weighted by molar-refractivity contribution is -0.0749. The Bertz CT molecular complexity index is 496. The van der Waals surface area contributed by atoms with Crippen LogP contribution < -0.4 is 4.90 Å². The average molecular weight is 263 g/mol. The first kappa shape index (κ1) is 13.9. The fraction of sp³-hybridized carbons (Fsp3) is 0.533. The van der Waals surface area contributed by atoms with E-state index >= 15 is 0 Å². The number of phenols is 1. The van der Waals surface area contributed by atoms with Crippen molar-refractivity contribution in [1.82, 2.24) is 0 Å². The highest BCUT2D eigenvalue weighted by Crippen LogP contribution is 2.29. The van der Waals surface area contributed by atoms with Crippen LogP contribution in [0.4, 0.5) is 5.69 Å². The maximum Gasteiger partial charge on any atom is 0.163 e. The summed E-state index contributed by atoms with van der Waals surface area (Å²) in [6.45, 7) is 9.14. The number of Topliss-reactive ketones (excluding diaryl/α,β-unsaturated/α-hetero) is 1. The second-order valence-corrected chi connectivity index (χ2v) is 5.83. The number of nitrogens with zero attached hydrogens (tertiary/aromatic N) is 1. The van der Waals surface area contributed by atoms with Gasteiger partial charge in [0.2, 0.25) is 0 Å². The third kappa shape index (κ3) is 3.07. The van der Waals surface area contributed by atoms with Crippen molar-refractivity contribution in [1.29, 1.82) is 0 Å². The van der Waals surface area contributed by atoms with Crippen LogP contribution >= 0.6 is 0 Å². The molecular formula is C15H21NO3. The summed E-state index contributed by atoms with van der Waals surface area (Å²) in [6.07, 6.45) is 0.137. The number of aromatic hydroxyl groups is 1. The molecule has 0 amide bonds. The number of anilines is 1. The van der Waals surface area contributed by atoms with Crippen molar-refractivity contribution >= 4 is 11.5 Å². The summed E-state index contributed by atoms with van der Waals surface area (Å²) < 4.78 is 5.86. The largest absolute Gasteiger partial charge is 0.507 e. The predicted octanol–water partition coefficient (Wildman–Crippen LogP) is 2.60. The van der Waals surface area contributed by atoms with Crippen LogP contribution in [0.3, 0.4) is 0 Å². The fourth-order valence-electron chi connectivity index (χ4n) is 2.66. The molecule has 1 atom stereocenters. The molecule has 4 nitrogen and oxygen atoms in total. The van der Waals surface area contributed by atoms with Gasteiger partial charge in [0.15, 0.2) is 5.78 Å². The summed E-state index contributed by atoms with van der Waals surface area (Å²) in [6, 6.07) is 5.22. The van der Waals surface area contributed by atoms with Gasteiger partial charge in [0, 0.05) is 24.8 Å². The molecule has 1 heterocycles. The van der Waals surface area contributed by atoms with E-state index < -0.39 is 0 Å². The number of hydrogen-bond acceptors (Lipinski definition) is 4. The summed E-state index contributed by atoms with van der Waals surface area (Å²) in [5, 5.41) is 9.91. The third-order valence-corrected chi connectivity index (χ3v) is 3.30. The van der Waals surface area contributed by atoms with Crippen LogP contribution in [0.25, 0.3) is 0 Å². The van der Waals surface area contributed by atoms with Gasteiger partial charge < -0.3 is 14.7 Å². The van der Waals surface area contributed by atoms with E-state index in [-0.39, 0.29) is 23.2 Å². The SMILES string of the molecule is CC(=O)c1ccc(N2CC(C)OC(C)(C)C2)cc1O. The van der Waals surface area contributed by atoms with Gasteiger partial charge in [0.1, 0.15) is 5.75 Å². The van der Waals surface area contributed by atoms with Gasteiger partial charge in [-0.15, -0.1) is 0 Å². The van der Waals surface area contributed by atoms with Crippen LogP contribution in [0.1, 0.15) is 38.1 Å². The molecular weight excluding hydrogens is 242 g/mol. The number of ketones is 1. The summed E-state index contributed by atoms with van der Waals surface area (Å²) in [7, 11) is 0. The number of benzene rings is 1. The van der Waals surface area contributed by atoms with E-state index in [9.17, 15) is 9.90 Å². The molecule has 0 saturated carbocycles. The summed E-state index contributed by atoms with van der Waals surface area (Å²) in [5.41, 5.74) is 1.07. The second kappa shape index (κ2) is 4.85. The monoisotopic (exact) mass is 263 g/mol. The number of ether oxygens (including phenoxy) is 1. The molecule has 0 bridgehead atoms. The molecule has 2 rings (SSSR count). The first-order valence-electron chi connectivity index (χ1n) is 6.55. The number of carbonyl (C=O) groups excluding carboxylic acids is 1.